The summed E-state index contributed by atoms with van der Waals surface area (Å²) in [7, 11) is 0. The maximum Gasteiger partial charge on any atom is 0.281 e. The second-order valence-corrected chi connectivity index (χ2v) is 7.63. The Bertz CT molecular complexity index is 1260. The van der Waals surface area contributed by atoms with Crippen LogP contribution in [0, 0.1) is 12.7 Å². The fourth-order valence-electron chi connectivity index (χ4n) is 2.97. The second kappa shape index (κ2) is 8.48. The number of aromatic nitrogens is 4. The van der Waals surface area contributed by atoms with Gasteiger partial charge in [0.05, 0.1) is 33.9 Å². The number of alkyl halides is 2. The Morgan fingerprint density at radius 3 is 2.65 bits per heavy atom. The molecule has 158 valence electrons. The van der Waals surface area contributed by atoms with Crippen molar-refractivity contribution in [3.8, 4) is 17.1 Å². The van der Waals surface area contributed by atoms with Crippen molar-refractivity contribution in [3.05, 3.63) is 75.8 Å². The fraction of sp³-hybridized carbons (Fsp3) is 0.100. The Kier molecular flexibility index (Phi) is 5.75. The molecule has 0 unspecified atom stereocenters. The van der Waals surface area contributed by atoms with Gasteiger partial charge in [-0.3, -0.25) is 15.1 Å². The monoisotopic (exact) mass is 463 g/mol. The highest BCUT2D eigenvalue weighted by atomic mass is 35.5. The van der Waals surface area contributed by atoms with Crippen LogP contribution in [0.2, 0.25) is 5.02 Å². The number of benzene rings is 1. The van der Waals surface area contributed by atoms with E-state index in [9.17, 15) is 18.0 Å². The lowest BCUT2D eigenvalue weighted by molar-refractivity contribution is 0.100. The Balaban J connectivity index is 1.66. The largest absolute Gasteiger partial charge is 0.298 e. The highest BCUT2D eigenvalue weighted by Crippen LogP contribution is 2.32. The molecular formula is C20H13ClF3N5OS. The summed E-state index contributed by atoms with van der Waals surface area (Å²) in [5.74, 6) is -1.27. The standard InChI is InChI=1S/C20H13ClF3N5OS/c1-10-16(17(18(23)24)29(28-10)15-5-3-2-4-12(15)21)19(30)27-20-26-14(9-31-20)13-7-6-11(22)8-25-13/h2-9,18H,1H3,(H,26,27,30). The molecule has 3 aromatic heterocycles. The molecule has 1 amide bonds. The summed E-state index contributed by atoms with van der Waals surface area (Å²) in [6.07, 6.45) is -1.93. The van der Waals surface area contributed by atoms with Crippen LogP contribution in [0.15, 0.2) is 48.0 Å². The number of nitrogens with zero attached hydrogens (tertiary/aromatic N) is 4. The Morgan fingerprint density at radius 2 is 1.97 bits per heavy atom. The minimum absolute atomic E-state index is 0.115. The lowest BCUT2D eigenvalue weighted by atomic mass is 10.1. The van der Waals surface area contributed by atoms with E-state index < -0.39 is 23.8 Å². The van der Waals surface area contributed by atoms with Gasteiger partial charge in [0.25, 0.3) is 12.3 Å². The third kappa shape index (κ3) is 4.17. The number of nitrogens with one attached hydrogen (secondary N) is 1. The molecule has 6 nitrogen and oxygen atoms in total. The van der Waals surface area contributed by atoms with Crippen molar-refractivity contribution in [2.75, 3.05) is 5.32 Å². The molecule has 0 atom stereocenters. The van der Waals surface area contributed by atoms with Crippen molar-refractivity contribution < 1.29 is 18.0 Å². The highest BCUT2D eigenvalue weighted by molar-refractivity contribution is 7.14. The molecule has 0 aliphatic carbocycles. The molecule has 0 aliphatic rings. The first-order valence-corrected chi connectivity index (χ1v) is 10.1. The van der Waals surface area contributed by atoms with Crippen LogP contribution in [0.4, 0.5) is 18.3 Å². The number of hydrogen-bond donors (Lipinski definition) is 1. The zero-order chi connectivity index (χ0) is 22.1. The smallest absolute Gasteiger partial charge is 0.281 e. The molecule has 4 aromatic rings. The van der Waals surface area contributed by atoms with E-state index in [2.05, 4.69) is 20.4 Å². The van der Waals surface area contributed by atoms with Crippen LogP contribution in [0.1, 0.15) is 28.2 Å². The van der Waals surface area contributed by atoms with Gasteiger partial charge in [0, 0.05) is 5.38 Å². The third-order valence-electron chi connectivity index (χ3n) is 4.32. The van der Waals surface area contributed by atoms with Gasteiger partial charge in [-0.1, -0.05) is 23.7 Å². The lowest BCUT2D eigenvalue weighted by Gasteiger charge is -2.10. The summed E-state index contributed by atoms with van der Waals surface area (Å²) in [5.41, 5.74) is 0.351. The predicted octanol–water partition coefficient (Wildman–Crippen LogP) is 5.68. The quantitative estimate of drug-likeness (QED) is 0.413. The number of rotatable bonds is 5. The summed E-state index contributed by atoms with van der Waals surface area (Å²) in [4.78, 5) is 21.0. The Hall–Kier alpha value is -3.24. The highest BCUT2D eigenvalue weighted by Gasteiger charge is 2.29. The van der Waals surface area contributed by atoms with Crippen molar-refractivity contribution in [2.24, 2.45) is 0 Å². The van der Waals surface area contributed by atoms with Crippen molar-refractivity contribution in [2.45, 2.75) is 13.3 Å². The van der Waals surface area contributed by atoms with Crippen molar-refractivity contribution in [1.29, 1.82) is 0 Å². The maximum absolute atomic E-state index is 13.9. The van der Waals surface area contributed by atoms with Gasteiger partial charge in [-0.25, -0.2) is 22.8 Å². The number of carbonyl (C=O) groups excluding carboxylic acids is 1. The van der Waals surface area contributed by atoms with Gasteiger partial charge < -0.3 is 0 Å². The molecule has 0 saturated heterocycles. The van der Waals surface area contributed by atoms with Gasteiger partial charge in [0.2, 0.25) is 0 Å². The minimum Gasteiger partial charge on any atom is -0.298 e. The summed E-state index contributed by atoms with van der Waals surface area (Å²) >= 11 is 7.22. The summed E-state index contributed by atoms with van der Waals surface area (Å²) in [6.45, 7) is 1.46. The SMILES string of the molecule is Cc1nn(-c2ccccc2Cl)c(C(F)F)c1C(=O)Nc1nc(-c2ccc(F)cn2)cs1. The topological polar surface area (TPSA) is 72.7 Å². The average Bonchev–Trinajstić information content (AvgIpc) is 3.33. The summed E-state index contributed by atoms with van der Waals surface area (Å²) < 4.78 is 41.9. The third-order valence-corrected chi connectivity index (χ3v) is 5.40. The maximum atomic E-state index is 13.9. The number of pyridine rings is 1. The van der Waals surface area contributed by atoms with Gasteiger partial charge in [-0.05, 0) is 31.2 Å². The molecule has 0 saturated carbocycles. The summed E-state index contributed by atoms with van der Waals surface area (Å²) in [5, 5.41) is 8.65. The van der Waals surface area contributed by atoms with E-state index in [0.717, 1.165) is 22.2 Å². The minimum atomic E-state index is -2.98. The molecule has 1 aromatic carbocycles. The average molecular weight is 464 g/mol. The van der Waals surface area contributed by atoms with Gasteiger partial charge in [0.1, 0.15) is 17.2 Å². The normalized spacial score (nSPS) is 11.2. The van der Waals surface area contributed by atoms with Crippen LogP contribution in [-0.4, -0.2) is 25.7 Å². The first-order chi connectivity index (χ1) is 14.8. The van der Waals surface area contributed by atoms with Crippen LogP contribution >= 0.6 is 22.9 Å². The van der Waals surface area contributed by atoms with E-state index in [4.69, 9.17) is 11.6 Å². The van der Waals surface area contributed by atoms with Crippen LogP contribution in [0.25, 0.3) is 17.1 Å². The number of hydrogen-bond acceptors (Lipinski definition) is 5. The molecule has 0 bridgehead atoms. The Morgan fingerprint density at radius 1 is 1.19 bits per heavy atom. The van der Waals surface area contributed by atoms with E-state index in [-0.39, 0.29) is 27.1 Å². The van der Waals surface area contributed by atoms with Gasteiger partial charge in [0.15, 0.2) is 5.13 Å². The zero-order valence-electron chi connectivity index (χ0n) is 15.8. The first kappa shape index (κ1) is 21.0. The van der Waals surface area contributed by atoms with E-state index in [1.165, 1.54) is 25.1 Å². The molecule has 3 heterocycles. The van der Waals surface area contributed by atoms with E-state index >= 15 is 0 Å². The number of halogens is 4. The van der Waals surface area contributed by atoms with E-state index in [1.807, 2.05) is 0 Å². The number of aryl methyl sites for hydroxylation is 1. The van der Waals surface area contributed by atoms with Gasteiger partial charge in [-0.15, -0.1) is 11.3 Å². The molecular weight excluding hydrogens is 451 g/mol. The van der Waals surface area contributed by atoms with Crippen LogP contribution in [0.5, 0.6) is 0 Å². The molecule has 0 spiro atoms. The van der Waals surface area contributed by atoms with Crippen molar-refractivity contribution in [3.63, 3.8) is 0 Å². The molecule has 11 heteroatoms. The molecule has 31 heavy (non-hydrogen) atoms. The van der Waals surface area contributed by atoms with Gasteiger partial charge >= 0.3 is 0 Å². The van der Waals surface area contributed by atoms with Crippen molar-refractivity contribution in [1.82, 2.24) is 19.7 Å². The molecule has 0 radical (unpaired) electrons. The van der Waals surface area contributed by atoms with E-state index in [0.29, 0.717) is 11.4 Å². The molecule has 0 aliphatic heterocycles. The fourth-order valence-corrected chi connectivity index (χ4v) is 3.89. The molecule has 0 fully saturated rings. The number of para-hydroxylation sites is 1. The molecule has 4 rings (SSSR count). The number of thiazole rings is 1. The zero-order valence-corrected chi connectivity index (χ0v) is 17.4. The first-order valence-electron chi connectivity index (χ1n) is 8.86. The second-order valence-electron chi connectivity index (χ2n) is 6.36. The van der Waals surface area contributed by atoms with Crippen LogP contribution in [0.3, 0.4) is 0 Å². The van der Waals surface area contributed by atoms with Crippen LogP contribution < -0.4 is 5.32 Å². The van der Waals surface area contributed by atoms with Crippen LogP contribution in [-0.2, 0) is 0 Å². The molecule has 1 N–H and O–H groups in total. The summed E-state index contributed by atoms with van der Waals surface area (Å²) in [6, 6.07) is 9.06. The lowest BCUT2D eigenvalue weighted by Crippen LogP contribution is -2.15. The van der Waals surface area contributed by atoms with E-state index in [1.54, 1.807) is 23.6 Å². The predicted molar refractivity (Wildman–Crippen MR) is 112 cm³/mol. The number of amides is 1. The van der Waals surface area contributed by atoms with Gasteiger partial charge in [-0.2, -0.15) is 5.10 Å². The Labute approximate surface area is 183 Å². The van der Waals surface area contributed by atoms with Crippen molar-refractivity contribution >= 4 is 34.0 Å². The number of carbonyl (C=O) groups is 1. The number of anilines is 1.